The molecule has 0 atom stereocenters. The maximum Gasteiger partial charge on any atom is 0.168 e. The molecule has 0 aromatic carbocycles. The van der Waals surface area contributed by atoms with Crippen LogP contribution in [0.2, 0.25) is 0 Å². The summed E-state index contributed by atoms with van der Waals surface area (Å²) < 4.78 is 0.648. The molecule has 0 aliphatic heterocycles. The van der Waals surface area contributed by atoms with Crippen LogP contribution in [0, 0.1) is 3.70 Å². The molecule has 0 radical (unpaired) electrons. The summed E-state index contributed by atoms with van der Waals surface area (Å²) in [5.74, 6) is 0. The van der Waals surface area contributed by atoms with E-state index in [9.17, 15) is 9.59 Å². The Kier molecular flexibility index (Phi) is 2.70. The van der Waals surface area contributed by atoms with Gasteiger partial charge in [-0.15, -0.1) is 0 Å². The maximum absolute atomic E-state index is 10.3. The number of nitrogens with zero attached hydrogens (tertiary/aromatic N) is 1. The Labute approximate surface area is 77.0 Å². The molecule has 0 saturated heterocycles. The van der Waals surface area contributed by atoms with Gasteiger partial charge in [0.15, 0.2) is 6.29 Å². The third-order valence-electron chi connectivity index (χ3n) is 1.09. The summed E-state index contributed by atoms with van der Waals surface area (Å²) in [6.45, 7) is 0. The Balaban J connectivity index is 3.21. The van der Waals surface area contributed by atoms with E-state index >= 15 is 0 Å². The molecule has 3 nitrogen and oxygen atoms in total. The van der Waals surface area contributed by atoms with Crippen molar-refractivity contribution >= 4 is 35.2 Å². The second-order valence-electron chi connectivity index (χ2n) is 1.88. The average Bonchev–Trinajstić information content (AvgIpc) is 2.03. The van der Waals surface area contributed by atoms with E-state index < -0.39 is 0 Å². The van der Waals surface area contributed by atoms with Gasteiger partial charge in [-0.2, -0.15) is 0 Å². The average molecular weight is 261 g/mol. The number of halogens is 1. The molecular formula is C7H4INO2. The number of rotatable bonds is 2. The summed E-state index contributed by atoms with van der Waals surface area (Å²) in [4.78, 5) is 24.4. The molecule has 11 heavy (non-hydrogen) atoms. The molecule has 0 aliphatic carbocycles. The van der Waals surface area contributed by atoms with Crippen molar-refractivity contribution in [3.8, 4) is 0 Å². The lowest BCUT2D eigenvalue weighted by Gasteiger charge is -1.93. The van der Waals surface area contributed by atoms with Crippen molar-refractivity contribution in [2.24, 2.45) is 0 Å². The summed E-state index contributed by atoms with van der Waals surface area (Å²) >= 11 is 1.95. The molecule has 0 bridgehead atoms. The lowest BCUT2D eigenvalue weighted by atomic mass is 10.2. The molecule has 1 rings (SSSR count). The molecule has 0 spiro atoms. The van der Waals surface area contributed by atoms with Crippen LogP contribution in [0.1, 0.15) is 20.8 Å². The van der Waals surface area contributed by atoms with E-state index in [-0.39, 0.29) is 0 Å². The van der Waals surface area contributed by atoms with Crippen molar-refractivity contribution in [3.05, 3.63) is 27.1 Å². The second kappa shape index (κ2) is 3.56. The molecule has 0 unspecified atom stereocenters. The highest BCUT2D eigenvalue weighted by Crippen LogP contribution is 2.04. The number of hydrogen-bond donors (Lipinski definition) is 0. The SMILES string of the molecule is O=Cc1cc(I)nc(C=O)c1. The molecule has 0 saturated carbocycles. The van der Waals surface area contributed by atoms with Crippen LogP contribution >= 0.6 is 22.6 Å². The largest absolute Gasteiger partial charge is 0.298 e. The minimum Gasteiger partial charge on any atom is -0.298 e. The van der Waals surface area contributed by atoms with E-state index in [1.807, 2.05) is 22.6 Å². The zero-order valence-corrected chi connectivity index (χ0v) is 7.61. The smallest absolute Gasteiger partial charge is 0.168 e. The first-order valence-electron chi connectivity index (χ1n) is 2.84. The number of carbonyl (C=O) groups is 2. The summed E-state index contributed by atoms with van der Waals surface area (Å²) in [6, 6.07) is 3.06. The fourth-order valence-corrected chi connectivity index (χ4v) is 1.30. The van der Waals surface area contributed by atoms with E-state index in [0.717, 1.165) is 0 Å². The topological polar surface area (TPSA) is 47.0 Å². The van der Waals surface area contributed by atoms with Gasteiger partial charge >= 0.3 is 0 Å². The standard InChI is InChI=1S/C7H4INO2/c8-7-2-5(3-10)1-6(4-11)9-7/h1-4H. The summed E-state index contributed by atoms with van der Waals surface area (Å²) in [7, 11) is 0. The van der Waals surface area contributed by atoms with Crippen LogP contribution in [0.4, 0.5) is 0 Å². The van der Waals surface area contributed by atoms with Gasteiger partial charge in [-0.25, -0.2) is 4.98 Å². The van der Waals surface area contributed by atoms with Crippen molar-refractivity contribution in [1.82, 2.24) is 4.98 Å². The number of hydrogen-bond acceptors (Lipinski definition) is 3. The highest BCUT2D eigenvalue weighted by molar-refractivity contribution is 14.1. The first-order chi connectivity index (χ1) is 5.26. The molecule has 0 aliphatic rings. The first kappa shape index (κ1) is 8.32. The molecular weight excluding hydrogens is 257 g/mol. The van der Waals surface area contributed by atoms with Crippen molar-refractivity contribution in [2.75, 3.05) is 0 Å². The predicted octanol–water partition coefficient (Wildman–Crippen LogP) is 1.31. The van der Waals surface area contributed by atoms with Gasteiger partial charge in [0.05, 0.1) is 0 Å². The maximum atomic E-state index is 10.3. The number of aldehydes is 2. The number of pyridine rings is 1. The lowest BCUT2D eigenvalue weighted by molar-refractivity contribution is 0.111. The van der Waals surface area contributed by atoms with Crippen molar-refractivity contribution in [1.29, 1.82) is 0 Å². The van der Waals surface area contributed by atoms with Gasteiger partial charge in [-0.05, 0) is 34.7 Å². The Morgan fingerprint density at radius 1 is 1.27 bits per heavy atom. The van der Waals surface area contributed by atoms with E-state index in [1.54, 1.807) is 6.07 Å². The molecule has 0 fully saturated rings. The van der Waals surface area contributed by atoms with Crippen LogP contribution in [0.25, 0.3) is 0 Å². The number of aromatic nitrogens is 1. The van der Waals surface area contributed by atoms with Crippen molar-refractivity contribution < 1.29 is 9.59 Å². The van der Waals surface area contributed by atoms with Crippen LogP contribution in [-0.2, 0) is 0 Å². The van der Waals surface area contributed by atoms with E-state index in [2.05, 4.69) is 4.98 Å². The van der Waals surface area contributed by atoms with Gasteiger partial charge in [0.1, 0.15) is 15.7 Å². The Morgan fingerprint density at radius 3 is 2.55 bits per heavy atom. The zero-order chi connectivity index (χ0) is 8.27. The Morgan fingerprint density at radius 2 is 2.00 bits per heavy atom. The third kappa shape index (κ3) is 2.07. The monoisotopic (exact) mass is 261 g/mol. The highest BCUT2D eigenvalue weighted by atomic mass is 127. The van der Waals surface area contributed by atoms with Crippen LogP contribution in [0.5, 0.6) is 0 Å². The molecule has 1 heterocycles. The van der Waals surface area contributed by atoms with Crippen molar-refractivity contribution in [2.45, 2.75) is 0 Å². The van der Waals surface area contributed by atoms with Gasteiger partial charge in [-0.3, -0.25) is 9.59 Å². The molecule has 1 aromatic heterocycles. The molecule has 56 valence electrons. The van der Waals surface area contributed by atoms with Crippen LogP contribution in [0.15, 0.2) is 12.1 Å². The van der Waals surface area contributed by atoms with E-state index in [1.165, 1.54) is 6.07 Å². The number of carbonyl (C=O) groups excluding carboxylic acids is 2. The first-order valence-corrected chi connectivity index (χ1v) is 3.92. The van der Waals surface area contributed by atoms with Gasteiger partial charge in [0, 0.05) is 5.56 Å². The van der Waals surface area contributed by atoms with E-state index in [0.29, 0.717) is 27.5 Å². The third-order valence-corrected chi connectivity index (χ3v) is 1.65. The van der Waals surface area contributed by atoms with Gasteiger partial charge in [0.25, 0.3) is 0 Å². The molecule has 0 amide bonds. The fraction of sp³-hybridized carbons (Fsp3) is 0. The lowest BCUT2D eigenvalue weighted by Crippen LogP contribution is -1.92. The predicted molar refractivity (Wildman–Crippen MR) is 47.7 cm³/mol. The van der Waals surface area contributed by atoms with Gasteiger partial charge in [-0.1, -0.05) is 0 Å². The summed E-state index contributed by atoms with van der Waals surface area (Å²) in [5, 5.41) is 0. The zero-order valence-electron chi connectivity index (χ0n) is 5.45. The second-order valence-corrected chi connectivity index (χ2v) is 2.99. The minimum absolute atomic E-state index is 0.291. The molecule has 4 heteroatoms. The molecule has 1 aromatic rings. The Hall–Kier alpha value is -0.780. The van der Waals surface area contributed by atoms with Crippen LogP contribution in [-0.4, -0.2) is 17.6 Å². The summed E-state index contributed by atoms with van der Waals surface area (Å²) in [6.07, 6.45) is 1.31. The summed E-state index contributed by atoms with van der Waals surface area (Å²) in [5.41, 5.74) is 0.769. The van der Waals surface area contributed by atoms with E-state index in [4.69, 9.17) is 0 Å². The van der Waals surface area contributed by atoms with Gasteiger partial charge < -0.3 is 0 Å². The van der Waals surface area contributed by atoms with Crippen LogP contribution < -0.4 is 0 Å². The highest BCUT2D eigenvalue weighted by Gasteiger charge is 1.97. The fourth-order valence-electron chi connectivity index (χ4n) is 0.666. The van der Waals surface area contributed by atoms with Gasteiger partial charge in [0.2, 0.25) is 0 Å². The quantitative estimate of drug-likeness (QED) is 0.458. The normalized spacial score (nSPS) is 9.18. The Bertz CT molecular complexity index is 272. The minimum atomic E-state index is 0.291. The molecule has 0 N–H and O–H groups in total. The van der Waals surface area contributed by atoms with Crippen molar-refractivity contribution in [3.63, 3.8) is 0 Å². The van der Waals surface area contributed by atoms with Crippen LogP contribution in [0.3, 0.4) is 0 Å².